The highest BCUT2D eigenvalue weighted by atomic mass is 16.6. The van der Waals surface area contributed by atoms with Crippen molar-refractivity contribution in [2.75, 3.05) is 47.8 Å². The number of hydrogen-bond donors (Lipinski definition) is 0. The van der Waals surface area contributed by atoms with E-state index in [0.29, 0.717) is 19.8 Å². The molecule has 0 saturated carbocycles. The SMILES string of the molecule is C=C(CC)COC.COCC1(COC)CO1. The van der Waals surface area contributed by atoms with Crippen LogP contribution < -0.4 is 0 Å². The lowest BCUT2D eigenvalue weighted by atomic mass is 10.2. The van der Waals surface area contributed by atoms with Gasteiger partial charge in [-0.1, -0.05) is 19.1 Å². The van der Waals surface area contributed by atoms with E-state index in [9.17, 15) is 0 Å². The highest BCUT2D eigenvalue weighted by Crippen LogP contribution is 2.26. The Hall–Kier alpha value is -0.420. The molecular weight excluding hydrogens is 208 g/mol. The van der Waals surface area contributed by atoms with Gasteiger partial charge in [0.1, 0.15) is 5.60 Å². The molecule has 4 heteroatoms. The van der Waals surface area contributed by atoms with Gasteiger partial charge in [-0.05, 0) is 6.42 Å². The van der Waals surface area contributed by atoms with Crippen molar-refractivity contribution < 1.29 is 18.9 Å². The Morgan fingerprint density at radius 2 is 1.69 bits per heavy atom. The molecule has 1 aliphatic heterocycles. The summed E-state index contributed by atoms with van der Waals surface area (Å²) in [6, 6.07) is 0. The summed E-state index contributed by atoms with van der Waals surface area (Å²) in [6.45, 7) is 8.57. The predicted octanol–water partition coefficient (Wildman–Crippen LogP) is 1.65. The van der Waals surface area contributed by atoms with E-state index in [1.807, 2.05) is 0 Å². The third kappa shape index (κ3) is 6.95. The van der Waals surface area contributed by atoms with Gasteiger partial charge in [0.05, 0.1) is 26.4 Å². The molecule has 0 radical (unpaired) electrons. The van der Waals surface area contributed by atoms with Gasteiger partial charge in [-0.25, -0.2) is 0 Å². The molecule has 0 aromatic rings. The smallest absolute Gasteiger partial charge is 0.138 e. The van der Waals surface area contributed by atoms with Crippen LogP contribution in [0.1, 0.15) is 13.3 Å². The summed E-state index contributed by atoms with van der Waals surface area (Å²) in [5.41, 5.74) is 1.06. The maximum Gasteiger partial charge on any atom is 0.138 e. The van der Waals surface area contributed by atoms with E-state index < -0.39 is 0 Å². The van der Waals surface area contributed by atoms with E-state index >= 15 is 0 Å². The van der Waals surface area contributed by atoms with Crippen LogP contribution in [0.15, 0.2) is 12.2 Å². The lowest BCUT2D eigenvalue weighted by molar-refractivity contribution is 0.0573. The van der Waals surface area contributed by atoms with Crippen LogP contribution in [-0.4, -0.2) is 53.4 Å². The average Bonchev–Trinajstić information content (AvgIpc) is 3.00. The van der Waals surface area contributed by atoms with Crippen molar-refractivity contribution in [3.63, 3.8) is 0 Å². The van der Waals surface area contributed by atoms with E-state index in [-0.39, 0.29) is 5.60 Å². The first-order chi connectivity index (χ1) is 7.64. The molecule has 0 atom stereocenters. The van der Waals surface area contributed by atoms with Crippen LogP contribution in [0, 0.1) is 0 Å². The lowest BCUT2D eigenvalue weighted by Gasteiger charge is -2.07. The Morgan fingerprint density at radius 3 is 1.88 bits per heavy atom. The molecule has 1 heterocycles. The van der Waals surface area contributed by atoms with Crippen LogP contribution in [0.3, 0.4) is 0 Å². The predicted molar refractivity (Wildman–Crippen MR) is 63.7 cm³/mol. The van der Waals surface area contributed by atoms with Crippen LogP contribution >= 0.6 is 0 Å². The minimum Gasteiger partial charge on any atom is -0.382 e. The van der Waals surface area contributed by atoms with Gasteiger partial charge in [-0.2, -0.15) is 0 Å². The molecule has 0 unspecified atom stereocenters. The maximum absolute atomic E-state index is 5.13. The van der Waals surface area contributed by atoms with Crippen molar-refractivity contribution >= 4 is 0 Å². The molecule has 0 aromatic heterocycles. The van der Waals surface area contributed by atoms with Gasteiger partial charge in [0.15, 0.2) is 0 Å². The molecule has 0 aromatic carbocycles. The normalized spacial score (nSPS) is 16.2. The number of ether oxygens (including phenoxy) is 4. The van der Waals surface area contributed by atoms with Gasteiger partial charge in [0.25, 0.3) is 0 Å². The van der Waals surface area contributed by atoms with Crippen molar-refractivity contribution in [2.24, 2.45) is 0 Å². The summed E-state index contributed by atoms with van der Waals surface area (Å²) in [6.07, 6.45) is 1.02. The van der Waals surface area contributed by atoms with E-state index in [0.717, 1.165) is 18.6 Å². The average molecular weight is 232 g/mol. The van der Waals surface area contributed by atoms with E-state index in [2.05, 4.69) is 13.5 Å². The molecule has 0 aliphatic carbocycles. The molecular formula is C12H24O4. The monoisotopic (exact) mass is 232 g/mol. The Morgan fingerprint density at radius 1 is 1.19 bits per heavy atom. The first-order valence-electron chi connectivity index (χ1n) is 5.41. The molecule has 0 bridgehead atoms. The van der Waals surface area contributed by atoms with Crippen LogP contribution in [0.4, 0.5) is 0 Å². The number of rotatable bonds is 7. The van der Waals surface area contributed by atoms with Crippen LogP contribution in [0.2, 0.25) is 0 Å². The fourth-order valence-electron chi connectivity index (χ4n) is 1.14. The molecule has 1 rings (SSSR count). The summed E-state index contributed by atoms with van der Waals surface area (Å²) < 4.78 is 19.8. The van der Waals surface area contributed by atoms with Gasteiger partial charge in [0.2, 0.25) is 0 Å². The summed E-state index contributed by atoms with van der Waals surface area (Å²) >= 11 is 0. The largest absolute Gasteiger partial charge is 0.382 e. The Bertz CT molecular complexity index is 179. The Balaban J connectivity index is 0.000000293. The molecule has 96 valence electrons. The topological polar surface area (TPSA) is 40.2 Å². The molecule has 1 aliphatic rings. The summed E-state index contributed by atoms with van der Waals surface area (Å²) in [7, 11) is 5.01. The third-order valence-electron chi connectivity index (χ3n) is 2.22. The number of epoxide rings is 1. The van der Waals surface area contributed by atoms with Gasteiger partial charge >= 0.3 is 0 Å². The molecule has 0 N–H and O–H groups in total. The second-order valence-corrected chi connectivity index (χ2v) is 3.87. The van der Waals surface area contributed by atoms with Gasteiger partial charge < -0.3 is 18.9 Å². The second kappa shape index (κ2) is 8.70. The summed E-state index contributed by atoms with van der Waals surface area (Å²) in [5.74, 6) is 0. The highest BCUT2D eigenvalue weighted by molar-refractivity contribution is 4.92. The van der Waals surface area contributed by atoms with Crippen LogP contribution in [-0.2, 0) is 18.9 Å². The molecule has 16 heavy (non-hydrogen) atoms. The second-order valence-electron chi connectivity index (χ2n) is 3.87. The van der Waals surface area contributed by atoms with Crippen molar-refractivity contribution in [1.82, 2.24) is 0 Å². The first kappa shape index (κ1) is 15.6. The van der Waals surface area contributed by atoms with Gasteiger partial charge in [-0.15, -0.1) is 0 Å². The molecule has 0 spiro atoms. The standard InChI is InChI=1S/C6H12O3.C6H12O/c1-7-3-6(4-8-2)5-9-6;1-4-6(2)5-7-3/h3-5H2,1-2H3;2,4-5H2,1,3H3. The Labute approximate surface area is 98.5 Å². The van der Waals surface area contributed by atoms with E-state index in [4.69, 9.17) is 18.9 Å². The highest BCUT2D eigenvalue weighted by Gasteiger charge is 2.44. The van der Waals surface area contributed by atoms with E-state index in [1.54, 1.807) is 21.3 Å². The quantitative estimate of drug-likeness (QED) is 0.494. The minimum absolute atomic E-state index is 0.0938. The minimum atomic E-state index is -0.0938. The summed E-state index contributed by atoms with van der Waals surface area (Å²) in [4.78, 5) is 0. The van der Waals surface area contributed by atoms with Crippen molar-refractivity contribution in [3.05, 3.63) is 12.2 Å². The zero-order valence-electron chi connectivity index (χ0n) is 10.9. The van der Waals surface area contributed by atoms with Crippen molar-refractivity contribution in [2.45, 2.75) is 18.9 Å². The molecule has 1 saturated heterocycles. The maximum atomic E-state index is 5.13. The van der Waals surface area contributed by atoms with Crippen LogP contribution in [0.25, 0.3) is 0 Å². The first-order valence-corrected chi connectivity index (χ1v) is 5.41. The van der Waals surface area contributed by atoms with Crippen molar-refractivity contribution in [3.8, 4) is 0 Å². The third-order valence-corrected chi connectivity index (χ3v) is 2.22. The number of hydrogen-bond acceptors (Lipinski definition) is 4. The van der Waals surface area contributed by atoms with Crippen molar-refractivity contribution in [1.29, 1.82) is 0 Å². The molecule has 4 nitrogen and oxygen atoms in total. The van der Waals surface area contributed by atoms with Gasteiger partial charge in [0, 0.05) is 21.3 Å². The fourth-order valence-corrected chi connectivity index (χ4v) is 1.14. The van der Waals surface area contributed by atoms with Gasteiger partial charge in [-0.3, -0.25) is 0 Å². The lowest BCUT2D eigenvalue weighted by Crippen LogP contribution is -2.24. The van der Waals surface area contributed by atoms with E-state index in [1.165, 1.54) is 0 Å². The number of methoxy groups -OCH3 is 3. The molecule has 0 amide bonds. The van der Waals surface area contributed by atoms with Crippen LogP contribution in [0.5, 0.6) is 0 Å². The zero-order valence-corrected chi connectivity index (χ0v) is 10.9. The zero-order chi connectivity index (χ0) is 12.4. The fraction of sp³-hybridized carbons (Fsp3) is 0.833. The summed E-state index contributed by atoms with van der Waals surface area (Å²) in [5, 5.41) is 0. The Kier molecular flexibility index (Phi) is 8.47. The molecule has 1 fully saturated rings.